The second kappa shape index (κ2) is 5.70. The van der Waals surface area contributed by atoms with Crippen LogP contribution in [0.1, 0.15) is 57.2 Å². The van der Waals surface area contributed by atoms with Gasteiger partial charge in [0.1, 0.15) is 0 Å². The van der Waals surface area contributed by atoms with Gasteiger partial charge in [0.25, 0.3) is 0 Å². The van der Waals surface area contributed by atoms with Gasteiger partial charge < -0.3 is 5.32 Å². The monoisotopic (exact) mass is 266 g/mol. The molecule has 0 bridgehead atoms. The van der Waals surface area contributed by atoms with Crippen molar-refractivity contribution in [2.24, 2.45) is 5.92 Å². The van der Waals surface area contributed by atoms with Crippen molar-refractivity contribution < 1.29 is 0 Å². The maximum atomic E-state index is 4.84. The summed E-state index contributed by atoms with van der Waals surface area (Å²) in [6.45, 7) is 6.72. The highest BCUT2D eigenvalue weighted by Crippen LogP contribution is 2.30. The average molecular weight is 266 g/mol. The molecule has 0 amide bonds. The molecular weight excluding hydrogens is 240 g/mol. The Morgan fingerprint density at radius 2 is 2.06 bits per heavy atom. The predicted octanol–water partition coefficient (Wildman–Crippen LogP) is 3.76. The Kier molecular flexibility index (Phi) is 4.44. The van der Waals surface area contributed by atoms with Crippen molar-refractivity contribution in [3.8, 4) is 0 Å². The standard InChI is InChI=1S/C15H26N2S/c1-15(2,3)13-10-18-14(17-13)9-11-7-5-6-8-12(11)16-4/h10-12,16H,5-9H2,1-4H3. The third-order valence-corrected chi connectivity index (χ3v) is 4.91. The topological polar surface area (TPSA) is 24.9 Å². The number of rotatable bonds is 3. The van der Waals surface area contributed by atoms with Crippen LogP contribution >= 0.6 is 11.3 Å². The van der Waals surface area contributed by atoms with Crippen LogP contribution in [0.2, 0.25) is 0 Å². The van der Waals surface area contributed by atoms with Gasteiger partial charge in [-0.3, -0.25) is 0 Å². The molecule has 3 heteroatoms. The fourth-order valence-corrected chi connectivity index (χ4v) is 3.92. The smallest absolute Gasteiger partial charge is 0.0931 e. The Hall–Kier alpha value is -0.410. The van der Waals surface area contributed by atoms with Crippen molar-refractivity contribution in [1.82, 2.24) is 10.3 Å². The maximum Gasteiger partial charge on any atom is 0.0931 e. The molecule has 1 aromatic rings. The maximum absolute atomic E-state index is 4.84. The van der Waals surface area contributed by atoms with Crippen LogP contribution in [0.3, 0.4) is 0 Å². The molecule has 102 valence electrons. The fourth-order valence-electron chi connectivity index (χ4n) is 2.81. The van der Waals surface area contributed by atoms with Crippen molar-refractivity contribution in [3.05, 3.63) is 16.1 Å². The predicted molar refractivity (Wildman–Crippen MR) is 79.3 cm³/mol. The van der Waals surface area contributed by atoms with Gasteiger partial charge in [0.15, 0.2) is 0 Å². The summed E-state index contributed by atoms with van der Waals surface area (Å²) in [5.41, 5.74) is 1.43. The Bertz CT molecular complexity index is 378. The molecule has 2 atom stereocenters. The molecule has 2 unspecified atom stereocenters. The number of hydrogen-bond acceptors (Lipinski definition) is 3. The van der Waals surface area contributed by atoms with E-state index in [4.69, 9.17) is 4.98 Å². The highest BCUT2D eigenvalue weighted by molar-refractivity contribution is 7.09. The lowest BCUT2D eigenvalue weighted by Crippen LogP contribution is -2.37. The summed E-state index contributed by atoms with van der Waals surface area (Å²) in [6, 6.07) is 0.695. The molecule has 0 saturated heterocycles. The summed E-state index contributed by atoms with van der Waals surface area (Å²) in [5.74, 6) is 0.780. The van der Waals surface area contributed by atoms with Crippen LogP contribution in [0.15, 0.2) is 5.38 Å². The molecule has 18 heavy (non-hydrogen) atoms. The molecule has 2 nitrogen and oxygen atoms in total. The third kappa shape index (κ3) is 3.33. The lowest BCUT2D eigenvalue weighted by atomic mass is 9.82. The largest absolute Gasteiger partial charge is 0.317 e. The first kappa shape index (κ1) is 14.0. The van der Waals surface area contributed by atoms with Crippen LogP contribution in [0.5, 0.6) is 0 Å². The Morgan fingerprint density at radius 3 is 2.67 bits per heavy atom. The van der Waals surface area contributed by atoms with E-state index < -0.39 is 0 Å². The van der Waals surface area contributed by atoms with E-state index in [1.165, 1.54) is 36.4 Å². The highest BCUT2D eigenvalue weighted by atomic mass is 32.1. The SMILES string of the molecule is CNC1CCCCC1Cc1nc(C(C)(C)C)cs1. The zero-order valence-corrected chi connectivity index (χ0v) is 12.9. The zero-order chi connectivity index (χ0) is 13.2. The molecule has 0 radical (unpaired) electrons. The molecule has 1 aromatic heterocycles. The van der Waals surface area contributed by atoms with E-state index >= 15 is 0 Å². The number of thiazole rings is 1. The third-order valence-electron chi connectivity index (χ3n) is 4.04. The van der Waals surface area contributed by atoms with Crippen LogP contribution < -0.4 is 5.32 Å². The van der Waals surface area contributed by atoms with E-state index in [1.807, 2.05) is 11.3 Å². The van der Waals surface area contributed by atoms with Gasteiger partial charge in [-0.05, 0) is 25.8 Å². The van der Waals surface area contributed by atoms with Crippen molar-refractivity contribution in [3.63, 3.8) is 0 Å². The van der Waals surface area contributed by atoms with Gasteiger partial charge in [0.05, 0.1) is 10.7 Å². The Labute approximate surface area is 115 Å². The second-order valence-corrected chi connectivity index (χ2v) is 7.46. The van der Waals surface area contributed by atoms with Gasteiger partial charge >= 0.3 is 0 Å². The van der Waals surface area contributed by atoms with Gasteiger partial charge in [0, 0.05) is 23.3 Å². The molecule has 0 aliphatic heterocycles. The van der Waals surface area contributed by atoms with Crippen molar-refractivity contribution in [1.29, 1.82) is 0 Å². The van der Waals surface area contributed by atoms with Gasteiger partial charge in [-0.25, -0.2) is 4.98 Å². The number of aromatic nitrogens is 1. The minimum atomic E-state index is 0.184. The second-order valence-electron chi connectivity index (χ2n) is 6.52. The van der Waals surface area contributed by atoms with Gasteiger partial charge in [-0.2, -0.15) is 0 Å². The van der Waals surface area contributed by atoms with E-state index in [0.29, 0.717) is 6.04 Å². The molecular formula is C15H26N2S. The molecule has 2 rings (SSSR count). The molecule has 0 aromatic carbocycles. The molecule has 1 heterocycles. The first-order valence-corrected chi connectivity index (χ1v) is 8.01. The van der Waals surface area contributed by atoms with E-state index in [9.17, 15) is 0 Å². The molecule has 1 aliphatic rings. The van der Waals surface area contributed by atoms with Gasteiger partial charge in [-0.1, -0.05) is 33.6 Å². The highest BCUT2D eigenvalue weighted by Gasteiger charge is 2.25. The average Bonchev–Trinajstić information content (AvgIpc) is 2.78. The first-order chi connectivity index (χ1) is 8.50. The van der Waals surface area contributed by atoms with E-state index in [1.54, 1.807) is 0 Å². The lowest BCUT2D eigenvalue weighted by Gasteiger charge is -2.30. The minimum absolute atomic E-state index is 0.184. The molecule has 0 spiro atoms. The van der Waals surface area contributed by atoms with Crippen molar-refractivity contribution in [2.45, 2.75) is 64.3 Å². The summed E-state index contributed by atoms with van der Waals surface area (Å²) < 4.78 is 0. The van der Waals surface area contributed by atoms with Gasteiger partial charge in [0.2, 0.25) is 0 Å². The molecule has 1 fully saturated rings. The van der Waals surface area contributed by atoms with E-state index in [0.717, 1.165) is 12.3 Å². The summed E-state index contributed by atoms with van der Waals surface area (Å²) >= 11 is 1.84. The normalized spacial score (nSPS) is 25.3. The summed E-state index contributed by atoms with van der Waals surface area (Å²) in [6.07, 6.45) is 6.62. The molecule has 1 N–H and O–H groups in total. The Balaban J connectivity index is 2.02. The van der Waals surface area contributed by atoms with Crippen molar-refractivity contribution in [2.75, 3.05) is 7.05 Å². The van der Waals surface area contributed by atoms with E-state index in [-0.39, 0.29) is 5.41 Å². The zero-order valence-electron chi connectivity index (χ0n) is 12.1. The van der Waals surface area contributed by atoms with Crippen LogP contribution in [0.25, 0.3) is 0 Å². The quantitative estimate of drug-likeness (QED) is 0.901. The minimum Gasteiger partial charge on any atom is -0.317 e. The van der Waals surface area contributed by atoms with Crippen molar-refractivity contribution >= 4 is 11.3 Å². The number of nitrogens with zero attached hydrogens (tertiary/aromatic N) is 1. The van der Waals surface area contributed by atoms with Crippen LogP contribution in [-0.4, -0.2) is 18.1 Å². The first-order valence-electron chi connectivity index (χ1n) is 7.13. The van der Waals surface area contributed by atoms with Crippen LogP contribution in [0, 0.1) is 5.92 Å². The number of hydrogen-bond donors (Lipinski definition) is 1. The summed E-state index contributed by atoms with van der Waals surface area (Å²) in [5, 5.41) is 7.06. The van der Waals surface area contributed by atoms with E-state index in [2.05, 4.69) is 38.5 Å². The molecule has 1 aliphatic carbocycles. The van der Waals surface area contributed by atoms with Gasteiger partial charge in [-0.15, -0.1) is 11.3 Å². The fraction of sp³-hybridized carbons (Fsp3) is 0.800. The number of nitrogens with one attached hydrogen (secondary N) is 1. The summed E-state index contributed by atoms with van der Waals surface area (Å²) in [4.78, 5) is 4.84. The van der Waals surface area contributed by atoms with Crippen LogP contribution in [-0.2, 0) is 11.8 Å². The molecule has 1 saturated carbocycles. The Morgan fingerprint density at radius 1 is 1.33 bits per heavy atom. The lowest BCUT2D eigenvalue weighted by molar-refractivity contribution is 0.272. The summed E-state index contributed by atoms with van der Waals surface area (Å²) in [7, 11) is 2.10. The van der Waals surface area contributed by atoms with Crippen LogP contribution in [0.4, 0.5) is 0 Å².